The van der Waals surface area contributed by atoms with Gasteiger partial charge in [-0.2, -0.15) is 0 Å². The lowest BCUT2D eigenvalue weighted by Gasteiger charge is -1.99. The van der Waals surface area contributed by atoms with Crippen molar-refractivity contribution in [3.63, 3.8) is 0 Å². The molecule has 2 nitrogen and oxygen atoms in total. The quantitative estimate of drug-likeness (QED) is 0.737. The van der Waals surface area contributed by atoms with Crippen molar-refractivity contribution in [3.8, 4) is 0 Å². The van der Waals surface area contributed by atoms with E-state index < -0.39 is 10.8 Å². The van der Waals surface area contributed by atoms with Crippen LogP contribution in [0.25, 0.3) is 0 Å². The molecule has 13 heavy (non-hydrogen) atoms. The predicted molar refractivity (Wildman–Crippen MR) is 53.1 cm³/mol. The highest BCUT2D eigenvalue weighted by Crippen LogP contribution is 2.08. The maximum atomic E-state index is 11.5. The van der Waals surface area contributed by atoms with Gasteiger partial charge >= 0.3 is 0 Å². The van der Waals surface area contributed by atoms with E-state index in [-0.39, 0.29) is 11.5 Å². The van der Waals surface area contributed by atoms with E-state index in [9.17, 15) is 9.00 Å². The molecule has 0 N–H and O–H groups in total. The minimum Gasteiger partial charge on any atom is -0.299 e. The Morgan fingerprint density at radius 3 is 2.31 bits per heavy atom. The summed E-state index contributed by atoms with van der Waals surface area (Å²) in [6.45, 7) is 3.42. The van der Waals surface area contributed by atoms with Crippen LogP contribution in [-0.4, -0.2) is 15.7 Å². The van der Waals surface area contributed by atoms with E-state index in [4.69, 9.17) is 0 Å². The van der Waals surface area contributed by atoms with Crippen molar-refractivity contribution in [3.05, 3.63) is 29.8 Å². The van der Waals surface area contributed by atoms with Gasteiger partial charge in [0.1, 0.15) is 5.78 Å². The van der Waals surface area contributed by atoms with Crippen LogP contribution in [0.4, 0.5) is 0 Å². The molecule has 0 aliphatic carbocycles. The summed E-state index contributed by atoms with van der Waals surface area (Å²) in [5.74, 6) is 0.0715. The van der Waals surface area contributed by atoms with Gasteiger partial charge < -0.3 is 0 Å². The Hall–Kier alpha value is -0.960. The Morgan fingerprint density at radius 1 is 1.31 bits per heavy atom. The number of ketones is 1. The average molecular weight is 196 g/mol. The summed E-state index contributed by atoms with van der Waals surface area (Å²) in [7, 11) is -1.17. The van der Waals surface area contributed by atoms with Crippen LogP contribution in [-0.2, 0) is 15.6 Å². The zero-order valence-corrected chi connectivity index (χ0v) is 8.56. The summed E-state index contributed by atoms with van der Waals surface area (Å²) in [6.07, 6.45) is 0. The molecule has 0 aromatic heterocycles. The van der Waals surface area contributed by atoms with Crippen LogP contribution in [0.3, 0.4) is 0 Å². The zero-order chi connectivity index (χ0) is 9.84. The first kappa shape index (κ1) is 10.1. The molecule has 1 rings (SSSR count). The molecule has 1 aromatic rings. The van der Waals surface area contributed by atoms with Crippen LogP contribution < -0.4 is 0 Å². The fraction of sp³-hybridized carbons (Fsp3) is 0.300. The fourth-order valence-electron chi connectivity index (χ4n) is 0.958. The molecule has 70 valence electrons. The summed E-state index contributed by atoms with van der Waals surface area (Å²) >= 11 is 0. The van der Waals surface area contributed by atoms with E-state index in [0.29, 0.717) is 0 Å². The Morgan fingerprint density at radius 2 is 1.85 bits per heavy atom. The lowest BCUT2D eigenvalue weighted by Crippen LogP contribution is -2.06. The molecular formula is C10H12O2S. The second kappa shape index (κ2) is 4.33. The van der Waals surface area contributed by atoms with Crippen molar-refractivity contribution in [2.75, 3.05) is 5.75 Å². The van der Waals surface area contributed by atoms with Crippen LogP contribution in [0.2, 0.25) is 0 Å². The third kappa shape index (κ3) is 3.11. The first-order chi connectivity index (χ1) is 6.09. The van der Waals surface area contributed by atoms with E-state index >= 15 is 0 Å². The van der Waals surface area contributed by atoms with E-state index in [0.717, 1.165) is 10.5 Å². The van der Waals surface area contributed by atoms with Gasteiger partial charge in [0, 0.05) is 4.90 Å². The zero-order valence-electron chi connectivity index (χ0n) is 7.74. The van der Waals surface area contributed by atoms with E-state index in [1.807, 2.05) is 19.1 Å². The van der Waals surface area contributed by atoms with Crippen molar-refractivity contribution in [2.45, 2.75) is 18.7 Å². The molecule has 0 heterocycles. The topological polar surface area (TPSA) is 34.1 Å². The monoisotopic (exact) mass is 196 g/mol. The van der Waals surface area contributed by atoms with Crippen LogP contribution in [0, 0.1) is 6.92 Å². The van der Waals surface area contributed by atoms with Crippen molar-refractivity contribution in [1.29, 1.82) is 0 Å². The number of hydrogen-bond acceptors (Lipinski definition) is 2. The van der Waals surface area contributed by atoms with Gasteiger partial charge in [-0.05, 0) is 26.0 Å². The van der Waals surface area contributed by atoms with Gasteiger partial charge in [0.25, 0.3) is 0 Å². The first-order valence-corrected chi connectivity index (χ1v) is 5.36. The van der Waals surface area contributed by atoms with Crippen LogP contribution in [0.15, 0.2) is 29.2 Å². The highest BCUT2D eigenvalue weighted by molar-refractivity contribution is 7.85. The molecule has 1 aromatic carbocycles. The minimum atomic E-state index is -1.17. The van der Waals surface area contributed by atoms with Crippen molar-refractivity contribution < 1.29 is 9.00 Å². The molecule has 0 aliphatic rings. The number of benzene rings is 1. The number of aryl methyl sites for hydroxylation is 1. The highest BCUT2D eigenvalue weighted by atomic mass is 32.2. The predicted octanol–water partition coefficient (Wildman–Crippen LogP) is 1.69. The molecule has 0 spiro atoms. The second-order valence-corrected chi connectivity index (χ2v) is 4.46. The molecule has 0 amide bonds. The summed E-state index contributed by atoms with van der Waals surface area (Å²) in [5.41, 5.74) is 1.13. The van der Waals surface area contributed by atoms with Crippen LogP contribution in [0.5, 0.6) is 0 Å². The molecule has 1 atom stereocenters. The maximum Gasteiger partial charge on any atom is 0.142 e. The fourth-order valence-corrected chi connectivity index (χ4v) is 1.93. The van der Waals surface area contributed by atoms with Gasteiger partial charge in [0.2, 0.25) is 0 Å². The van der Waals surface area contributed by atoms with Crippen molar-refractivity contribution >= 4 is 16.6 Å². The van der Waals surface area contributed by atoms with Gasteiger partial charge in [-0.15, -0.1) is 0 Å². The van der Waals surface area contributed by atoms with Crippen molar-refractivity contribution in [1.82, 2.24) is 0 Å². The number of hydrogen-bond donors (Lipinski definition) is 0. The molecule has 0 fully saturated rings. The van der Waals surface area contributed by atoms with Gasteiger partial charge in [-0.3, -0.25) is 9.00 Å². The molecule has 0 aliphatic heterocycles. The van der Waals surface area contributed by atoms with E-state index in [1.54, 1.807) is 12.1 Å². The lowest BCUT2D eigenvalue weighted by atomic mass is 10.2. The summed E-state index contributed by atoms with van der Waals surface area (Å²) in [6, 6.07) is 7.39. The number of carbonyl (C=O) groups is 1. The standard InChI is InChI=1S/C10H12O2S/c1-8-3-5-10(6-4-8)13(12)7-9(2)11/h3-6H,7H2,1-2H3/t13-/m1/s1. The minimum absolute atomic E-state index is 0.0427. The summed E-state index contributed by atoms with van der Waals surface area (Å²) in [4.78, 5) is 11.4. The molecule has 0 saturated heterocycles. The summed E-state index contributed by atoms with van der Waals surface area (Å²) in [5, 5.41) is 0. The lowest BCUT2D eigenvalue weighted by molar-refractivity contribution is -0.114. The van der Waals surface area contributed by atoms with E-state index in [1.165, 1.54) is 6.92 Å². The molecule has 0 bridgehead atoms. The van der Waals surface area contributed by atoms with Crippen LogP contribution >= 0.6 is 0 Å². The molecule has 0 radical (unpaired) electrons. The number of carbonyl (C=O) groups excluding carboxylic acids is 1. The van der Waals surface area contributed by atoms with Crippen LogP contribution in [0.1, 0.15) is 12.5 Å². The molecular weight excluding hydrogens is 184 g/mol. The van der Waals surface area contributed by atoms with Gasteiger partial charge in [0.05, 0.1) is 16.6 Å². The number of rotatable bonds is 3. The summed E-state index contributed by atoms with van der Waals surface area (Å²) < 4.78 is 11.5. The average Bonchev–Trinajstić information content (AvgIpc) is 2.04. The third-order valence-corrected chi connectivity index (χ3v) is 3.08. The third-order valence-electron chi connectivity index (χ3n) is 1.62. The van der Waals surface area contributed by atoms with Gasteiger partial charge in [0.15, 0.2) is 0 Å². The van der Waals surface area contributed by atoms with Gasteiger partial charge in [-0.1, -0.05) is 17.7 Å². The number of Topliss-reactive ketones (excluding diaryl/α,β-unsaturated/α-hetero) is 1. The normalized spacial score (nSPS) is 12.5. The Bertz CT molecular complexity index is 327. The Balaban J connectivity index is 2.78. The Kier molecular flexibility index (Phi) is 3.37. The van der Waals surface area contributed by atoms with Gasteiger partial charge in [-0.25, -0.2) is 0 Å². The smallest absolute Gasteiger partial charge is 0.142 e. The first-order valence-electron chi connectivity index (χ1n) is 4.04. The Labute approximate surface area is 80.4 Å². The highest BCUT2D eigenvalue weighted by Gasteiger charge is 2.05. The molecule has 0 unspecified atom stereocenters. The van der Waals surface area contributed by atoms with E-state index in [2.05, 4.69) is 0 Å². The molecule has 3 heteroatoms. The second-order valence-electron chi connectivity index (χ2n) is 3.00. The largest absolute Gasteiger partial charge is 0.299 e. The maximum absolute atomic E-state index is 11.5. The molecule has 0 saturated carbocycles. The van der Waals surface area contributed by atoms with Crippen molar-refractivity contribution in [2.24, 2.45) is 0 Å². The SMILES string of the molecule is CC(=O)C[S@@](=O)c1ccc(C)cc1.